The Balaban J connectivity index is 1.93. The fourth-order valence-electron chi connectivity index (χ4n) is 3.38. The molecule has 4 N–H and O–H groups in total. The maximum absolute atomic E-state index is 13.3. The molecule has 30 heavy (non-hydrogen) atoms. The number of hydrogen-bond acceptors (Lipinski definition) is 4. The summed E-state index contributed by atoms with van der Waals surface area (Å²) in [5.74, 6) is -0.398. The van der Waals surface area contributed by atoms with E-state index in [1.807, 2.05) is 5.32 Å². The molecule has 2 aromatic rings. The molecule has 2 atom stereocenters. The van der Waals surface area contributed by atoms with E-state index < -0.39 is 56.9 Å². The van der Waals surface area contributed by atoms with Gasteiger partial charge in [0.1, 0.15) is 10.6 Å². The van der Waals surface area contributed by atoms with Crippen molar-refractivity contribution >= 4 is 21.9 Å². The first-order valence-corrected chi connectivity index (χ1v) is 10.6. The van der Waals surface area contributed by atoms with Crippen LogP contribution in [0.4, 0.5) is 29.9 Å². The highest BCUT2D eigenvalue weighted by atomic mass is 32.5. The van der Waals surface area contributed by atoms with E-state index in [1.54, 1.807) is 24.3 Å². The Bertz CT molecular complexity index is 1000. The summed E-state index contributed by atoms with van der Waals surface area (Å²) in [6.07, 6.45) is -0.710. The number of carbonyl (C=O) groups excluding carboxylic acids is 1. The zero-order valence-corrected chi connectivity index (χ0v) is 16.4. The number of anilines is 1. The Morgan fingerprint density at radius 1 is 1.20 bits per heavy atom. The Morgan fingerprint density at radius 3 is 2.47 bits per heavy atom. The third-order valence-corrected chi connectivity index (χ3v) is 5.82. The molecule has 0 aliphatic heterocycles. The Labute approximate surface area is 168 Å². The van der Waals surface area contributed by atoms with Gasteiger partial charge < -0.3 is 25.6 Å². The maximum atomic E-state index is 13.3. The maximum Gasteiger partial charge on any atom is 0.319 e. The van der Waals surface area contributed by atoms with Gasteiger partial charge in [-0.3, -0.25) is 0 Å². The Hall–Kier alpha value is -2.57. The number of carbonyl (C=O) groups is 1. The molecule has 0 heterocycles. The molecule has 2 aromatic carbocycles. The zero-order valence-electron chi connectivity index (χ0n) is 15.5. The Morgan fingerprint density at radius 2 is 1.87 bits per heavy atom. The van der Waals surface area contributed by atoms with Crippen molar-refractivity contribution in [2.75, 3.05) is 12.4 Å². The molecule has 0 unspecified atom stereocenters. The van der Waals surface area contributed by atoms with Crippen LogP contribution in [0.1, 0.15) is 22.7 Å². The van der Waals surface area contributed by atoms with Crippen molar-refractivity contribution in [3.63, 3.8) is 0 Å². The summed E-state index contributed by atoms with van der Waals surface area (Å²) >= 11 is 0. The number of aliphatic hydroxyl groups excluding tert-OH is 2. The molecular weight excluding hydrogens is 435 g/mol. The van der Waals surface area contributed by atoms with Crippen LogP contribution in [0.15, 0.2) is 41.3 Å². The summed E-state index contributed by atoms with van der Waals surface area (Å²) < 4.78 is 71.3. The molecule has 12 heteroatoms. The number of aliphatic hydroxyl groups is 2. The fraction of sp³-hybridized carbons (Fsp3) is 0.278. The molecular formula is C18H19F5N2O4S. The smallest absolute Gasteiger partial charge is 0.319 e. The van der Waals surface area contributed by atoms with Crippen molar-refractivity contribution in [2.24, 2.45) is 0 Å². The summed E-state index contributed by atoms with van der Waals surface area (Å²) in [7, 11) is -9.04. The molecule has 0 aromatic heterocycles. The summed E-state index contributed by atoms with van der Waals surface area (Å²) in [6, 6.07) is 5.13. The van der Waals surface area contributed by atoms with Gasteiger partial charge in [0.15, 0.2) is 0 Å². The van der Waals surface area contributed by atoms with E-state index >= 15 is 0 Å². The topological polar surface area (TPSA) is 90.8 Å². The highest BCUT2D eigenvalue weighted by Crippen LogP contribution is 3.02. The van der Waals surface area contributed by atoms with Crippen LogP contribution < -0.4 is 15.4 Å². The first-order valence-electron chi connectivity index (χ1n) is 8.62. The normalized spacial score (nSPS) is 20.7. The number of urea groups is 1. The van der Waals surface area contributed by atoms with E-state index in [0.29, 0.717) is 5.56 Å². The first kappa shape index (κ1) is 22.1. The molecule has 0 saturated heterocycles. The predicted molar refractivity (Wildman–Crippen MR) is 101 cm³/mol. The average Bonchev–Trinajstić information content (AvgIpc) is 2.94. The van der Waals surface area contributed by atoms with Crippen molar-refractivity contribution in [2.45, 2.75) is 30.1 Å². The van der Waals surface area contributed by atoms with Crippen LogP contribution in [0.3, 0.4) is 0 Å². The van der Waals surface area contributed by atoms with Gasteiger partial charge in [0.05, 0.1) is 31.5 Å². The second-order valence-corrected chi connectivity index (χ2v) is 9.25. The van der Waals surface area contributed by atoms with Gasteiger partial charge in [-0.1, -0.05) is 43.7 Å². The predicted octanol–water partition coefficient (Wildman–Crippen LogP) is 4.62. The van der Waals surface area contributed by atoms with Crippen molar-refractivity contribution in [3.05, 3.63) is 53.1 Å². The molecule has 0 spiro atoms. The molecule has 0 radical (unpaired) electrons. The number of nitrogens with one attached hydrogen (secondary N) is 2. The summed E-state index contributed by atoms with van der Waals surface area (Å²) in [5, 5.41) is 24.0. The molecule has 0 fully saturated rings. The van der Waals surface area contributed by atoms with Gasteiger partial charge in [-0.2, -0.15) is 0 Å². The second-order valence-electron chi connectivity index (χ2n) is 6.84. The zero-order chi connectivity index (χ0) is 22.4. The van der Waals surface area contributed by atoms with Crippen LogP contribution in [-0.2, 0) is 13.0 Å². The summed E-state index contributed by atoms with van der Waals surface area (Å²) in [5.41, 5.74) is 0.137. The second kappa shape index (κ2) is 6.72. The molecule has 166 valence electrons. The molecule has 1 aliphatic carbocycles. The molecule has 0 bridgehead atoms. The lowest BCUT2D eigenvalue weighted by atomic mass is 10.1. The highest BCUT2D eigenvalue weighted by Gasteiger charge is 2.65. The first-order chi connectivity index (χ1) is 13.7. The SMILES string of the molecule is COc1c(CO)cc(S(F)(F)(F)(F)F)cc1NC(=O)N[C@@H]1c2ccccc2C[C@@H]1O. The van der Waals surface area contributed by atoms with Gasteiger partial charge in [0.2, 0.25) is 0 Å². The summed E-state index contributed by atoms with van der Waals surface area (Å²) in [4.78, 5) is 10.1. The lowest BCUT2D eigenvalue weighted by Gasteiger charge is -2.41. The number of ether oxygens (including phenoxy) is 1. The quantitative estimate of drug-likeness (QED) is 0.496. The van der Waals surface area contributed by atoms with Crippen LogP contribution in [0.25, 0.3) is 0 Å². The molecule has 1 aliphatic rings. The highest BCUT2D eigenvalue weighted by molar-refractivity contribution is 8.45. The van der Waals surface area contributed by atoms with E-state index in [4.69, 9.17) is 4.74 Å². The third kappa shape index (κ3) is 4.45. The van der Waals surface area contributed by atoms with Crippen LogP contribution >= 0.6 is 10.2 Å². The lowest BCUT2D eigenvalue weighted by Crippen LogP contribution is -2.37. The number of rotatable bonds is 5. The van der Waals surface area contributed by atoms with Crippen LogP contribution in [0.5, 0.6) is 5.75 Å². The third-order valence-electron chi connectivity index (χ3n) is 4.70. The number of amides is 2. The minimum Gasteiger partial charge on any atom is -0.494 e. The van der Waals surface area contributed by atoms with Crippen molar-refractivity contribution in [3.8, 4) is 5.75 Å². The van der Waals surface area contributed by atoms with Crippen LogP contribution in [0.2, 0.25) is 0 Å². The van der Waals surface area contributed by atoms with Gasteiger partial charge in [0.25, 0.3) is 0 Å². The number of benzene rings is 2. The van der Waals surface area contributed by atoms with E-state index in [2.05, 4.69) is 5.32 Å². The standard InChI is InChI=1S/C18H19F5N2O4S/c1-29-17-11(9-26)6-12(30(19,20,21,22)23)8-14(17)24-18(28)25-16-13-5-3-2-4-10(13)7-15(16)27/h2-6,8,15-16,26-27H,7,9H2,1H3,(H2,24,25,28)/t15-,16+/m0/s1. The van der Waals surface area contributed by atoms with Crippen LogP contribution in [-0.4, -0.2) is 29.5 Å². The monoisotopic (exact) mass is 454 g/mol. The lowest BCUT2D eigenvalue weighted by molar-refractivity contribution is 0.144. The molecule has 0 saturated carbocycles. The van der Waals surface area contributed by atoms with Gasteiger partial charge >= 0.3 is 16.3 Å². The Kier molecular flexibility index (Phi) is 4.96. The van der Waals surface area contributed by atoms with Crippen molar-refractivity contribution in [1.82, 2.24) is 5.32 Å². The summed E-state index contributed by atoms with van der Waals surface area (Å²) in [6.45, 7) is -1.03. The minimum atomic E-state index is -10.1. The van der Waals surface area contributed by atoms with E-state index in [9.17, 15) is 34.4 Å². The van der Waals surface area contributed by atoms with Gasteiger partial charge in [0, 0.05) is 12.0 Å². The van der Waals surface area contributed by atoms with Crippen LogP contribution in [0, 0.1) is 0 Å². The van der Waals surface area contributed by atoms with Gasteiger partial charge in [-0.05, 0) is 23.3 Å². The van der Waals surface area contributed by atoms with E-state index in [1.165, 1.54) is 0 Å². The van der Waals surface area contributed by atoms with Crippen molar-refractivity contribution < 1.29 is 39.2 Å². The van der Waals surface area contributed by atoms with Crippen molar-refractivity contribution in [1.29, 1.82) is 0 Å². The molecule has 2 amide bonds. The largest absolute Gasteiger partial charge is 0.494 e. The van der Waals surface area contributed by atoms with Gasteiger partial charge in [-0.25, -0.2) is 4.79 Å². The minimum absolute atomic E-state index is 0.0537. The van der Waals surface area contributed by atoms with E-state index in [0.717, 1.165) is 12.7 Å². The number of halogens is 5. The average molecular weight is 454 g/mol. The molecule has 6 nitrogen and oxygen atoms in total. The fourth-order valence-corrected chi connectivity index (χ4v) is 4.09. The molecule has 3 rings (SSSR count). The van der Waals surface area contributed by atoms with E-state index in [-0.39, 0.29) is 18.6 Å². The van der Waals surface area contributed by atoms with Gasteiger partial charge in [-0.15, -0.1) is 0 Å². The number of hydrogen-bond donors (Lipinski definition) is 4. The number of methoxy groups -OCH3 is 1. The number of fused-ring (bicyclic) bond motifs is 1.